The third kappa shape index (κ3) is 5.85. The molecule has 3 heteroatoms. The molecular formula is C20H24FNO. The number of rotatable bonds is 7. The summed E-state index contributed by atoms with van der Waals surface area (Å²) < 4.78 is 12.9. The molecule has 0 bridgehead atoms. The number of carbonyl (C=O) groups excluding carboxylic acids is 1. The highest BCUT2D eigenvalue weighted by Gasteiger charge is 2.15. The molecule has 0 fully saturated rings. The number of hydrogen-bond acceptors (Lipinski definition) is 1. The maximum Gasteiger partial charge on any atom is 0.220 e. The molecule has 2 aromatic rings. The fourth-order valence-electron chi connectivity index (χ4n) is 2.61. The minimum atomic E-state index is -0.251. The standard InChI is InChI=1S/C20H24FNO/c1-15(2)14-19(17-6-4-3-5-7-17)22-20(23)13-10-16-8-11-18(21)12-9-16/h3-9,11-12,15,19H,10,13-14H2,1-2H3,(H,22,23). The Morgan fingerprint density at radius 2 is 1.70 bits per heavy atom. The molecule has 122 valence electrons. The Morgan fingerprint density at radius 3 is 2.30 bits per heavy atom. The van der Waals surface area contributed by atoms with Gasteiger partial charge in [-0.1, -0.05) is 56.3 Å². The monoisotopic (exact) mass is 313 g/mol. The number of halogens is 1. The summed E-state index contributed by atoms with van der Waals surface area (Å²) in [5, 5.41) is 3.13. The van der Waals surface area contributed by atoms with E-state index in [0.29, 0.717) is 18.8 Å². The number of carbonyl (C=O) groups is 1. The molecule has 1 amide bonds. The van der Waals surface area contributed by atoms with E-state index in [1.807, 2.05) is 30.3 Å². The first-order valence-electron chi connectivity index (χ1n) is 8.13. The molecule has 2 rings (SSSR count). The highest BCUT2D eigenvalue weighted by Crippen LogP contribution is 2.21. The first kappa shape index (κ1) is 17.2. The van der Waals surface area contributed by atoms with Crippen molar-refractivity contribution in [3.8, 4) is 0 Å². The van der Waals surface area contributed by atoms with Gasteiger partial charge in [0.25, 0.3) is 0 Å². The quantitative estimate of drug-likeness (QED) is 0.791. The summed E-state index contributed by atoms with van der Waals surface area (Å²) in [5.74, 6) is 0.278. The Morgan fingerprint density at radius 1 is 1.04 bits per heavy atom. The number of amides is 1. The van der Waals surface area contributed by atoms with E-state index in [1.165, 1.54) is 12.1 Å². The van der Waals surface area contributed by atoms with Crippen LogP contribution in [0.25, 0.3) is 0 Å². The molecule has 2 aromatic carbocycles. The Labute approximate surface area is 137 Å². The Hall–Kier alpha value is -2.16. The molecule has 0 radical (unpaired) electrons. The molecule has 2 nitrogen and oxygen atoms in total. The lowest BCUT2D eigenvalue weighted by Crippen LogP contribution is -2.29. The second kappa shape index (κ2) is 8.47. The van der Waals surface area contributed by atoms with Crippen molar-refractivity contribution in [1.29, 1.82) is 0 Å². The summed E-state index contributed by atoms with van der Waals surface area (Å²) in [6.07, 6.45) is 1.94. The highest BCUT2D eigenvalue weighted by atomic mass is 19.1. The Bertz CT molecular complexity index is 607. The second-order valence-corrected chi connectivity index (χ2v) is 6.29. The maximum absolute atomic E-state index is 12.9. The van der Waals surface area contributed by atoms with E-state index in [4.69, 9.17) is 0 Å². The van der Waals surface area contributed by atoms with Crippen LogP contribution in [0.2, 0.25) is 0 Å². The van der Waals surface area contributed by atoms with E-state index >= 15 is 0 Å². The van der Waals surface area contributed by atoms with E-state index in [0.717, 1.165) is 17.5 Å². The fourth-order valence-corrected chi connectivity index (χ4v) is 2.61. The molecular weight excluding hydrogens is 289 g/mol. The van der Waals surface area contributed by atoms with Gasteiger partial charge >= 0.3 is 0 Å². The lowest BCUT2D eigenvalue weighted by Gasteiger charge is -2.21. The molecule has 0 saturated carbocycles. The molecule has 0 aromatic heterocycles. The number of nitrogens with one attached hydrogen (secondary N) is 1. The van der Waals surface area contributed by atoms with Gasteiger partial charge in [0, 0.05) is 6.42 Å². The molecule has 23 heavy (non-hydrogen) atoms. The van der Waals surface area contributed by atoms with Crippen LogP contribution in [0, 0.1) is 11.7 Å². The molecule has 1 N–H and O–H groups in total. The second-order valence-electron chi connectivity index (χ2n) is 6.29. The fraction of sp³-hybridized carbons (Fsp3) is 0.350. The van der Waals surface area contributed by atoms with E-state index in [9.17, 15) is 9.18 Å². The lowest BCUT2D eigenvalue weighted by molar-refractivity contribution is -0.121. The smallest absolute Gasteiger partial charge is 0.220 e. The van der Waals surface area contributed by atoms with E-state index in [2.05, 4.69) is 19.2 Å². The van der Waals surface area contributed by atoms with Crippen LogP contribution >= 0.6 is 0 Å². The van der Waals surface area contributed by atoms with Gasteiger partial charge in [0.05, 0.1) is 6.04 Å². The van der Waals surface area contributed by atoms with Crippen molar-refractivity contribution >= 4 is 5.91 Å². The zero-order chi connectivity index (χ0) is 16.7. The van der Waals surface area contributed by atoms with Crippen LogP contribution in [0.4, 0.5) is 4.39 Å². The number of aryl methyl sites for hydroxylation is 1. The minimum absolute atomic E-state index is 0.0313. The zero-order valence-corrected chi connectivity index (χ0v) is 13.8. The first-order chi connectivity index (χ1) is 11.0. The van der Waals surface area contributed by atoms with Crippen molar-refractivity contribution in [2.45, 2.75) is 39.2 Å². The van der Waals surface area contributed by atoms with Gasteiger partial charge in [-0.2, -0.15) is 0 Å². The number of hydrogen-bond donors (Lipinski definition) is 1. The zero-order valence-electron chi connectivity index (χ0n) is 13.8. The van der Waals surface area contributed by atoms with Gasteiger partial charge in [-0.05, 0) is 42.0 Å². The average Bonchev–Trinajstić information content (AvgIpc) is 2.54. The van der Waals surface area contributed by atoms with Crippen LogP contribution in [-0.2, 0) is 11.2 Å². The van der Waals surface area contributed by atoms with Gasteiger partial charge in [0.2, 0.25) is 5.91 Å². The average molecular weight is 313 g/mol. The van der Waals surface area contributed by atoms with Crippen LogP contribution in [0.15, 0.2) is 54.6 Å². The summed E-state index contributed by atoms with van der Waals surface area (Å²) in [7, 11) is 0. The molecule has 0 aliphatic rings. The van der Waals surface area contributed by atoms with Crippen molar-refractivity contribution in [2.75, 3.05) is 0 Å². The lowest BCUT2D eigenvalue weighted by atomic mass is 9.96. The van der Waals surface area contributed by atoms with Gasteiger partial charge in [0.1, 0.15) is 5.82 Å². The van der Waals surface area contributed by atoms with Crippen molar-refractivity contribution in [2.24, 2.45) is 5.92 Å². The van der Waals surface area contributed by atoms with E-state index in [1.54, 1.807) is 12.1 Å². The van der Waals surface area contributed by atoms with E-state index < -0.39 is 0 Å². The summed E-state index contributed by atoms with van der Waals surface area (Å²) >= 11 is 0. The highest BCUT2D eigenvalue weighted by molar-refractivity contribution is 5.76. The van der Waals surface area contributed by atoms with Gasteiger partial charge in [-0.15, -0.1) is 0 Å². The third-order valence-electron chi connectivity index (χ3n) is 3.80. The van der Waals surface area contributed by atoms with Crippen molar-refractivity contribution in [3.05, 3.63) is 71.5 Å². The molecule has 1 atom stereocenters. The van der Waals surface area contributed by atoms with Crippen molar-refractivity contribution < 1.29 is 9.18 Å². The largest absolute Gasteiger partial charge is 0.349 e. The molecule has 0 heterocycles. The Balaban J connectivity index is 1.93. The van der Waals surface area contributed by atoms with Gasteiger partial charge < -0.3 is 5.32 Å². The van der Waals surface area contributed by atoms with Crippen molar-refractivity contribution in [3.63, 3.8) is 0 Å². The summed E-state index contributed by atoms with van der Waals surface area (Å²) in [5.41, 5.74) is 2.11. The summed E-state index contributed by atoms with van der Waals surface area (Å²) in [6, 6.07) is 16.4. The SMILES string of the molecule is CC(C)CC(NC(=O)CCc1ccc(F)cc1)c1ccccc1. The molecule has 0 aliphatic carbocycles. The molecule has 1 unspecified atom stereocenters. The van der Waals surface area contributed by atoms with Gasteiger partial charge in [-0.25, -0.2) is 4.39 Å². The Kier molecular flexibility index (Phi) is 6.33. The molecule has 0 aliphatic heterocycles. The van der Waals surface area contributed by atoms with Crippen LogP contribution in [0.5, 0.6) is 0 Å². The maximum atomic E-state index is 12.9. The summed E-state index contributed by atoms with van der Waals surface area (Å²) in [4.78, 5) is 12.3. The predicted molar refractivity (Wildman–Crippen MR) is 91.5 cm³/mol. The van der Waals surface area contributed by atoms with Crippen LogP contribution in [-0.4, -0.2) is 5.91 Å². The van der Waals surface area contributed by atoms with Crippen LogP contribution < -0.4 is 5.32 Å². The topological polar surface area (TPSA) is 29.1 Å². The van der Waals surface area contributed by atoms with Gasteiger partial charge in [-0.3, -0.25) is 4.79 Å². The van der Waals surface area contributed by atoms with Crippen LogP contribution in [0.3, 0.4) is 0 Å². The molecule has 0 spiro atoms. The molecule has 0 saturated heterocycles. The minimum Gasteiger partial charge on any atom is -0.349 e. The first-order valence-corrected chi connectivity index (χ1v) is 8.13. The predicted octanol–water partition coefficient (Wildman–Crippen LogP) is 4.66. The van der Waals surface area contributed by atoms with E-state index in [-0.39, 0.29) is 17.8 Å². The number of benzene rings is 2. The van der Waals surface area contributed by atoms with Crippen LogP contribution in [0.1, 0.15) is 43.9 Å². The normalized spacial score (nSPS) is 12.2. The third-order valence-corrected chi connectivity index (χ3v) is 3.80. The summed E-state index contributed by atoms with van der Waals surface area (Å²) in [6.45, 7) is 4.31. The van der Waals surface area contributed by atoms with Gasteiger partial charge in [0.15, 0.2) is 0 Å². The van der Waals surface area contributed by atoms with Crippen molar-refractivity contribution in [1.82, 2.24) is 5.32 Å².